The number of halogens is 1. The van der Waals surface area contributed by atoms with E-state index in [4.69, 9.17) is 11.6 Å². The van der Waals surface area contributed by atoms with Crippen LogP contribution in [0.25, 0.3) is 0 Å². The van der Waals surface area contributed by atoms with Gasteiger partial charge >= 0.3 is 0 Å². The molecular formula is C15H21ClN4. The Labute approximate surface area is 125 Å². The van der Waals surface area contributed by atoms with Gasteiger partial charge in [0.05, 0.1) is 17.1 Å². The first-order valence-corrected chi connectivity index (χ1v) is 6.97. The van der Waals surface area contributed by atoms with Crippen molar-refractivity contribution < 1.29 is 0 Å². The van der Waals surface area contributed by atoms with E-state index < -0.39 is 0 Å². The Balaban J connectivity index is 2.24. The van der Waals surface area contributed by atoms with Crippen LogP contribution in [0.5, 0.6) is 0 Å². The molecule has 0 saturated heterocycles. The molecule has 4 nitrogen and oxygen atoms in total. The van der Waals surface area contributed by atoms with E-state index in [1.165, 1.54) is 11.3 Å². The van der Waals surface area contributed by atoms with E-state index in [-0.39, 0.29) is 0 Å². The van der Waals surface area contributed by atoms with E-state index >= 15 is 0 Å². The minimum absolute atomic E-state index is 0.734. The van der Waals surface area contributed by atoms with Crippen molar-refractivity contribution in [1.82, 2.24) is 9.78 Å². The van der Waals surface area contributed by atoms with Crippen LogP contribution < -0.4 is 10.2 Å². The van der Waals surface area contributed by atoms with Crippen LogP contribution in [0.2, 0.25) is 5.02 Å². The van der Waals surface area contributed by atoms with E-state index in [0.29, 0.717) is 0 Å². The van der Waals surface area contributed by atoms with Crippen LogP contribution in [0, 0.1) is 13.8 Å². The Hall–Kier alpha value is -1.68. The normalized spacial score (nSPS) is 10.7. The number of hydrogen-bond acceptors (Lipinski definition) is 3. The molecule has 1 aromatic carbocycles. The van der Waals surface area contributed by atoms with E-state index in [1.54, 1.807) is 0 Å². The van der Waals surface area contributed by atoms with Gasteiger partial charge in [-0.25, -0.2) is 0 Å². The van der Waals surface area contributed by atoms with Gasteiger partial charge in [0.25, 0.3) is 0 Å². The van der Waals surface area contributed by atoms with E-state index in [0.717, 1.165) is 28.6 Å². The highest BCUT2D eigenvalue weighted by Gasteiger charge is 2.11. The second kappa shape index (κ2) is 5.75. The standard InChI is InChI=1S/C15H21ClN4/c1-10-13(11(2)20(5)18-10)9-17-14-8-12(16)6-7-15(14)19(3)4/h6-8,17H,9H2,1-5H3. The highest BCUT2D eigenvalue weighted by atomic mass is 35.5. The van der Waals surface area contributed by atoms with E-state index in [2.05, 4.69) is 22.2 Å². The van der Waals surface area contributed by atoms with Gasteiger partial charge < -0.3 is 10.2 Å². The Bertz CT molecular complexity index is 617. The van der Waals surface area contributed by atoms with Crippen molar-refractivity contribution in [2.75, 3.05) is 24.3 Å². The summed E-state index contributed by atoms with van der Waals surface area (Å²) in [5.41, 5.74) is 5.63. The largest absolute Gasteiger partial charge is 0.379 e. The highest BCUT2D eigenvalue weighted by Crippen LogP contribution is 2.28. The highest BCUT2D eigenvalue weighted by molar-refractivity contribution is 6.31. The molecule has 0 radical (unpaired) electrons. The molecule has 2 rings (SSSR count). The summed E-state index contributed by atoms with van der Waals surface area (Å²) in [6.07, 6.45) is 0. The average Bonchev–Trinajstić information content (AvgIpc) is 2.61. The SMILES string of the molecule is Cc1nn(C)c(C)c1CNc1cc(Cl)ccc1N(C)C. The van der Waals surface area contributed by atoms with Gasteiger partial charge in [-0.3, -0.25) is 4.68 Å². The molecule has 2 aromatic rings. The molecule has 0 amide bonds. The lowest BCUT2D eigenvalue weighted by molar-refractivity contribution is 0.730. The summed E-state index contributed by atoms with van der Waals surface area (Å²) in [5.74, 6) is 0. The van der Waals surface area contributed by atoms with Crippen molar-refractivity contribution in [3.05, 3.63) is 40.2 Å². The molecule has 0 saturated carbocycles. The molecule has 108 valence electrons. The zero-order valence-electron chi connectivity index (χ0n) is 12.7. The second-order valence-corrected chi connectivity index (χ2v) is 5.62. The molecule has 0 bridgehead atoms. The lowest BCUT2D eigenvalue weighted by atomic mass is 10.2. The van der Waals surface area contributed by atoms with E-state index in [1.807, 2.05) is 50.9 Å². The van der Waals surface area contributed by atoms with Crippen molar-refractivity contribution in [1.29, 1.82) is 0 Å². The van der Waals surface area contributed by atoms with Crippen LogP contribution in [0.15, 0.2) is 18.2 Å². The molecule has 0 atom stereocenters. The van der Waals surface area contributed by atoms with Gasteiger partial charge in [-0.15, -0.1) is 0 Å². The van der Waals surface area contributed by atoms with Crippen LogP contribution >= 0.6 is 11.6 Å². The number of nitrogens with zero attached hydrogens (tertiary/aromatic N) is 3. The molecule has 0 fully saturated rings. The summed E-state index contributed by atoms with van der Waals surface area (Å²) >= 11 is 6.09. The second-order valence-electron chi connectivity index (χ2n) is 5.18. The Kier molecular flexibility index (Phi) is 4.23. The van der Waals surface area contributed by atoms with Crippen LogP contribution in [0.4, 0.5) is 11.4 Å². The maximum atomic E-state index is 6.09. The van der Waals surface area contributed by atoms with Gasteiger partial charge in [0, 0.05) is 44.0 Å². The Morgan fingerprint density at radius 2 is 2.00 bits per heavy atom. The molecule has 0 unspecified atom stereocenters. The van der Waals surface area contributed by atoms with Crippen LogP contribution in [0.3, 0.4) is 0 Å². The molecule has 0 spiro atoms. The molecule has 1 aromatic heterocycles. The first kappa shape index (κ1) is 14.7. The summed E-state index contributed by atoms with van der Waals surface area (Å²) in [6.45, 7) is 4.86. The summed E-state index contributed by atoms with van der Waals surface area (Å²) in [6, 6.07) is 5.88. The quantitative estimate of drug-likeness (QED) is 0.938. The monoisotopic (exact) mass is 292 g/mol. The lowest BCUT2D eigenvalue weighted by Crippen LogP contribution is -2.12. The van der Waals surface area contributed by atoms with E-state index in [9.17, 15) is 0 Å². The number of anilines is 2. The molecule has 0 aliphatic rings. The molecule has 5 heteroatoms. The summed E-state index contributed by atoms with van der Waals surface area (Å²) < 4.78 is 1.91. The van der Waals surface area contributed by atoms with Gasteiger partial charge in [-0.1, -0.05) is 11.6 Å². The third kappa shape index (κ3) is 2.90. The summed E-state index contributed by atoms with van der Waals surface area (Å²) in [5, 5.41) is 8.64. The predicted molar refractivity (Wildman–Crippen MR) is 85.8 cm³/mol. The molecule has 1 N–H and O–H groups in total. The van der Waals surface area contributed by atoms with Gasteiger partial charge in [0.2, 0.25) is 0 Å². The fourth-order valence-electron chi connectivity index (χ4n) is 2.30. The molecular weight excluding hydrogens is 272 g/mol. The smallest absolute Gasteiger partial charge is 0.0646 e. The van der Waals surface area contributed by atoms with Crippen LogP contribution in [0.1, 0.15) is 17.0 Å². The van der Waals surface area contributed by atoms with Gasteiger partial charge in [-0.2, -0.15) is 5.10 Å². The average molecular weight is 293 g/mol. The third-order valence-corrected chi connectivity index (χ3v) is 3.79. The number of benzene rings is 1. The minimum Gasteiger partial charge on any atom is -0.379 e. The topological polar surface area (TPSA) is 33.1 Å². The Morgan fingerprint density at radius 1 is 1.30 bits per heavy atom. The molecule has 0 aliphatic heterocycles. The summed E-state index contributed by atoms with van der Waals surface area (Å²) in [7, 11) is 6.01. The number of aryl methyl sites for hydroxylation is 2. The summed E-state index contributed by atoms with van der Waals surface area (Å²) in [4.78, 5) is 2.07. The number of aromatic nitrogens is 2. The van der Waals surface area contributed by atoms with Gasteiger partial charge in [0.15, 0.2) is 0 Å². The van der Waals surface area contributed by atoms with Crippen molar-refractivity contribution in [2.24, 2.45) is 7.05 Å². The molecule has 0 aliphatic carbocycles. The fraction of sp³-hybridized carbons (Fsp3) is 0.400. The first-order valence-electron chi connectivity index (χ1n) is 6.60. The Morgan fingerprint density at radius 3 is 2.55 bits per heavy atom. The van der Waals surface area contributed by atoms with Gasteiger partial charge in [-0.05, 0) is 32.0 Å². The number of rotatable bonds is 4. The van der Waals surface area contributed by atoms with Crippen molar-refractivity contribution in [3.8, 4) is 0 Å². The van der Waals surface area contributed by atoms with Crippen molar-refractivity contribution in [2.45, 2.75) is 20.4 Å². The number of nitrogens with one attached hydrogen (secondary N) is 1. The fourth-order valence-corrected chi connectivity index (χ4v) is 2.47. The van der Waals surface area contributed by atoms with Crippen LogP contribution in [-0.4, -0.2) is 23.9 Å². The zero-order chi connectivity index (χ0) is 14.9. The minimum atomic E-state index is 0.734. The van der Waals surface area contributed by atoms with Crippen molar-refractivity contribution >= 4 is 23.0 Å². The number of hydrogen-bond donors (Lipinski definition) is 1. The lowest BCUT2D eigenvalue weighted by Gasteiger charge is -2.19. The molecule has 20 heavy (non-hydrogen) atoms. The predicted octanol–water partition coefficient (Wildman–Crippen LogP) is 3.37. The van der Waals surface area contributed by atoms with Gasteiger partial charge in [0.1, 0.15) is 0 Å². The van der Waals surface area contributed by atoms with Crippen LogP contribution in [-0.2, 0) is 13.6 Å². The van der Waals surface area contributed by atoms with Crippen molar-refractivity contribution in [3.63, 3.8) is 0 Å². The maximum Gasteiger partial charge on any atom is 0.0646 e. The maximum absolute atomic E-state index is 6.09. The third-order valence-electron chi connectivity index (χ3n) is 3.55. The molecule has 1 heterocycles. The zero-order valence-corrected chi connectivity index (χ0v) is 13.4. The first-order chi connectivity index (χ1) is 9.40.